The maximum absolute atomic E-state index is 6.88. The van der Waals surface area contributed by atoms with Crippen LogP contribution in [0.25, 0.3) is 0 Å². The molecular formula is C20H40O5Si. The minimum atomic E-state index is -3.20. The average Bonchev–Trinajstić information content (AvgIpc) is 2.56. The molecule has 5 nitrogen and oxygen atoms in total. The van der Waals surface area contributed by atoms with Crippen molar-refractivity contribution in [1.82, 2.24) is 0 Å². The fourth-order valence-corrected chi connectivity index (χ4v) is 6.35. The monoisotopic (exact) mass is 388 g/mol. The smallest absolute Gasteiger partial charge is 0.373 e. The molecule has 0 aromatic rings. The van der Waals surface area contributed by atoms with E-state index in [-0.39, 0.29) is 16.4 Å². The topological polar surface area (TPSA) is 46.2 Å². The van der Waals surface area contributed by atoms with Gasteiger partial charge < -0.3 is 13.3 Å². The highest BCUT2D eigenvalue weighted by atomic mass is 28.4. The molecule has 1 saturated heterocycles. The molecular weight excluding hydrogens is 348 g/mol. The summed E-state index contributed by atoms with van der Waals surface area (Å²) in [7, 11) is -3.20. The van der Waals surface area contributed by atoms with E-state index in [1.54, 1.807) is 0 Å². The minimum Gasteiger partial charge on any atom is -0.373 e. The molecule has 4 unspecified atom stereocenters. The van der Waals surface area contributed by atoms with Crippen LogP contribution in [0.3, 0.4) is 0 Å². The van der Waals surface area contributed by atoms with E-state index in [1.165, 1.54) is 0 Å². The molecule has 0 saturated carbocycles. The van der Waals surface area contributed by atoms with Crippen LogP contribution in [0.15, 0.2) is 12.7 Å². The van der Waals surface area contributed by atoms with E-state index in [2.05, 4.69) is 68.9 Å². The maximum Gasteiger partial charge on any atom is 0.510 e. The number of hydrogen-bond acceptors (Lipinski definition) is 5. The van der Waals surface area contributed by atoms with Crippen LogP contribution in [0, 0.1) is 16.7 Å². The Bertz CT molecular complexity index is 488. The Hall–Kier alpha value is -0.243. The number of hydrogen-bond donors (Lipinski definition) is 0. The van der Waals surface area contributed by atoms with Crippen LogP contribution in [-0.2, 0) is 23.1 Å². The highest BCUT2D eigenvalue weighted by Gasteiger charge is 2.66. The van der Waals surface area contributed by atoms with Gasteiger partial charge in [0.25, 0.3) is 0 Å². The second-order valence-electron chi connectivity index (χ2n) is 10.2. The summed E-state index contributed by atoms with van der Waals surface area (Å²) in [4.78, 5) is 11.8. The van der Waals surface area contributed by atoms with Crippen LogP contribution < -0.4 is 0 Å². The van der Waals surface area contributed by atoms with Crippen LogP contribution in [0.2, 0.25) is 5.04 Å². The van der Waals surface area contributed by atoms with Gasteiger partial charge in [0.2, 0.25) is 5.79 Å². The third kappa shape index (κ3) is 4.42. The van der Waals surface area contributed by atoms with Crippen molar-refractivity contribution in [3.05, 3.63) is 12.7 Å². The Morgan fingerprint density at radius 3 is 2.00 bits per heavy atom. The van der Waals surface area contributed by atoms with E-state index in [9.17, 15) is 0 Å². The van der Waals surface area contributed by atoms with Gasteiger partial charge in [-0.15, -0.1) is 6.58 Å². The van der Waals surface area contributed by atoms with Crippen LogP contribution in [0.4, 0.5) is 0 Å². The van der Waals surface area contributed by atoms with Crippen molar-refractivity contribution in [2.45, 2.75) is 93.3 Å². The molecule has 0 amide bonds. The third-order valence-electron chi connectivity index (χ3n) is 4.79. The second-order valence-corrected chi connectivity index (χ2v) is 13.5. The molecule has 0 aliphatic carbocycles. The molecule has 4 atom stereocenters. The van der Waals surface area contributed by atoms with Crippen molar-refractivity contribution in [1.29, 1.82) is 0 Å². The maximum atomic E-state index is 6.88. The average molecular weight is 389 g/mol. The Morgan fingerprint density at radius 1 is 1.12 bits per heavy atom. The molecule has 0 radical (unpaired) electrons. The largest absolute Gasteiger partial charge is 0.510 e. The van der Waals surface area contributed by atoms with Gasteiger partial charge in [0.1, 0.15) is 0 Å². The van der Waals surface area contributed by atoms with Gasteiger partial charge in [-0.2, -0.15) is 4.89 Å². The zero-order valence-electron chi connectivity index (χ0n) is 18.7. The van der Waals surface area contributed by atoms with E-state index < -0.39 is 26.3 Å². The second kappa shape index (κ2) is 7.64. The normalized spacial score (nSPS) is 32.8. The fraction of sp³-hybridized carbons (Fsp3) is 0.900. The lowest BCUT2D eigenvalue weighted by Crippen LogP contribution is -2.65. The Kier molecular flexibility index (Phi) is 7.00. The van der Waals surface area contributed by atoms with Gasteiger partial charge in [0, 0.05) is 23.0 Å². The van der Waals surface area contributed by atoms with Gasteiger partial charge in [-0.25, -0.2) is 4.89 Å². The molecule has 0 aromatic heterocycles. The first-order valence-electron chi connectivity index (χ1n) is 9.55. The molecule has 1 aliphatic rings. The Labute approximate surface area is 161 Å². The highest BCUT2D eigenvalue weighted by molar-refractivity contribution is 6.64. The van der Waals surface area contributed by atoms with Crippen molar-refractivity contribution < 1.29 is 23.1 Å². The van der Waals surface area contributed by atoms with E-state index in [0.29, 0.717) is 6.61 Å². The lowest BCUT2D eigenvalue weighted by Gasteiger charge is -2.53. The summed E-state index contributed by atoms with van der Waals surface area (Å²) in [5, 5.41) is -0.353. The summed E-state index contributed by atoms with van der Waals surface area (Å²) in [6.07, 6.45) is 1.31. The van der Waals surface area contributed by atoms with Crippen molar-refractivity contribution in [3.8, 4) is 0 Å². The van der Waals surface area contributed by atoms with Crippen molar-refractivity contribution in [2.75, 3.05) is 6.61 Å². The molecule has 1 fully saturated rings. The lowest BCUT2D eigenvalue weighted by atomic mass is 9.67. The molecule has 154 valence electrons. The third-order valence-corrected chi connectivity index (χ3v) is 8.51. The Balaban J connectivity index is 3.71. The van der Waals surface area contributed by atoms with E-state index in [4.69, 9.17) is 23.1 Å². The summed E-state index contributed by atoms with van der Waals surface area (Å²) < 4.78 is 19.4. The first-order valence-corrected chi connectivity index (χ1v) is 11.3. The minimum absolute atomic E-state index is 0.154. The summed E-state index contributed by atoms with van der Waals surface area (Å²) in [6.45, 7) is 27.3. The quantitative estimate of drug-likeness (QED) is 0.351. The van der Waals surface area contributed by atoms with Crippen LogP contribution >= 0.6 is 0 Å². The SMILES string of the molecule is C=CC(C(C)(C)C)C1(C(C)(C)C)OOC(C)O[Si](OCC)(C(C)(C)C)O1. The molecule has 1 aliphatic heterocycles. The zero-order valence-corrected chi connectivity index (χ0v) is 19.7. The molecule has 1 rings (SSSR count). The molecule has 0 bridgehead atoms. The standard InChI is InChI=1S/C20H40O5Si/c1-13-16(17(4,5)6)20(18(7,8)9)24-22-15(3)23-26(25-20,21-14-2)19(10,11)12/h13,15-16H,1,14H2,2-12H3. The molecule has 0 aromatic carbocycles. The zero-order chi connectivity index (χ0) is 20.6. The summed E-state index contributed by atoms with van der Waals surface area (Å²) in [6, 6.07) is 0. The van der Waals surface area contributed by atoms with Gasteiger partial charge in [-0.1, -0.05) is 68.4 Å². The van der Waals surface area contributed by atoms with Gasteiger partial charge in [0.05, 0.1) is 0 Å². The lowest BCUT2D eigenvalue weighted by molar-refractivity contribution is -0.469. The molecule has 1 heterocycles. The number of rotatable bonds is 4. The van der Waals surface area contributed by atoms with Crippen molar-refractivity contribution in [2.24, 2.45) is 16.7 Å². The highest BCUT2D eigenvalue weighted by Crippen LogP contribution is 2.54. The first kappa shape index (κ1) is 23.8. The van der Waals surface area contributed by atoms with Crippen LogP contribution in [0.1, 0.15) is 76.2 Å². The van der Waals surface area contributed by atoms with Crippen molar-refractivity contribution >= 4 is 8.80 Å². The van der Waals surface area contributed by atoms with Gasteiger partial charge in [-0.05, 0) is 19.3 Å². The van der Waals surface area contributed by atoms with E-state index >= 15 is 0 Å². The Morgan fingerprint density at radius 2 is 1.65 bits per heavy atom. The molecule has 26 heavy (non-hydrogen) atoms. The molecule has 6 heteroatoms. The predicted octanol–water partition coefficient (Wildman–Crippen LogP) is 5.69. The van der Waals surface area contributed by atoms with E-state index in [1.807, 2.05) is 19.9 Å². The van der Waals surface area contributed by atoms with Crippen molar-refractivity contribution in [3.63, 3.8) is 0 Å². The molecule has 0 spiro atoms. The first-order chi connectivity index (χ1) is 11.6. The van der Waals surface area contributed by atoms with Crippen LogP contribution in [0.5, 0.6) is 0 Å². The van der Waals surface area contributed by atoms with Crippen LogP contribution in [-0.4, -0.2) is 27.5 Å². The van der Waals surface area contributed by atoms with Gasteiger partial charge in [0.15, 0.2) is 6.29 Å². The molecule has 0 N–H and O–H groups in total. The van der Waals surface area contributed by atoms with E-state index in [0.717, 1.165) is 0 Å². The van der Waals surface area contributed by atoms with Gasteiger partial charge >= 0.3 is 8.80 Å². The fourth-order valence-electron chi connectivity index (χ4n) is 3.36. The van der Waals surface area contributed by atoms with Gasteiger partial charge in [-0.3, -0.25) is 0 Å². The summed E-state index contributed by atoms with van der Waals surface area (Å²) >= 11 is 0. The summed E-state index contributed by atoms with van der Waals surface area (Å²) in [5.41, 5.74) is -0.594. The predicted molar refractivity (Wildman–Crippen MR) is 106 cm³/mol. The summed E-state index contributed by atoms with van der Waals surface area (Å²) in [5.74, 6) is -1.26.